The molecule has 24 heavy (non-hydrogen) atoms. The van der Waals surface area contributed by atoms with Gasteiger partial charge in [0.25, 0.3) is 0 Å². The third-order valence-corrected chi connectivity index (χ3v) is 4.08. The van der Waals surface area contributed by atoms with Crippen molar-refractivity contribution in [3.05, 3.63) is 63.4 Å². The van der Waals surface area contributed by atoms with E-state index in [0.29, 0.717) is 17.1 Å². The Bertz CT molecular complexity index is 723. The van der Waals surface area contributed by atoms with E-state index in [1.54, 1.807) is 14.0 Å². The highest BCUT2D eigenvalue weighted by molar-refractivity contribution is 6.35. The standard InChI is InChI=1S/C17H17Cl2FN2O2/c1-10(13-7-16(20)15(19)8-14(13)18)22-17(23)21-9-11-3-5-12(24-2)6-4-11/h3-8,10H,9H2,1-2H3,(H2,21,22,23)/t10-/m1/s1. The van der Waals surface area contributed by atoms with E-state index in [9.17, 15) is 9.18 Å². The summed E-state index contributed by atoms with van der Waals surface area (Å²) in [6, 6.07) is 9.02. The fourth-order valence-electron chi connectivity index (χ4n) is 2.12. The summed E-state index contributed by atoms with van der Waals surface area (Å²) in [6.45, 7) is 2.06. The van der Waals surface area contributed by atoms with Gasteiger partial charge in [0.2, 0.25) is 0 Å². The van der Waals surface area contributed by atoms with Gasteiger partial charge in [0.1, 0.15) is 11.6 Å². The molecule has 4 nitrogen and oxygen atoms in total. The van der Waals surface area contributed by atoms with Crippen molar-refractivity contribution in [3.63, 3.8) is 0 Å². The molecule has 1 atom stereocenters. The quantitative estimate of drug-likeness (QED) is 0.749. The van der Waals surface area contributed by atoms with Gasteiger partial charge in [0.05, 0.1) is 18.2 Å². The first-order chi connectivity index (χ1) is 11.4. The molecule has 2 amide bonds. The van der Waals surface area contributed by atoms with Gasteiger partial charge in [-0.1, -0.05) is 35.3 Å². The minimum Gasteiger partial charge on any atom is -0.497 e. The summed E-state index contributed by atoms with van der Waals surface area (Å²) in [4.78, 5) is 12.0. The van der Waals surface area contributed by atoms with Crippen LogP contribution in [0.1, 0.15) is 24.1 Å². The number of methoxy groups -OCH3 is 1. The number of carbonyl (C=O) groups is 1. The molecule has 0 aliphatic heterocycles. The van der Waals surface area contributed by atoms with E-state index in [1.807, 2.05) is 24.3 Å². The zero-order chi connectivity index (χ0) is 17.7. The Morgan fingerprint density at radius 3 is 2.50 bits per heavy atom. The fraction of sp³-hybridized carbons (Fsp3) is 0.235. The summed E-state index contributed by atoms with van der Waals surface area (Å²) < 4.78 is 18.6. The molecule has 2 rings (SSSR count). The maximum Gasteiger partial charge on any atom is 0.315 e. The van der Waals surface area contributed by atoms with Crippen molar-refractivity contribution in [2.75, 3.05) is 7.11 Å². The minimum atomic E-state index is -0.580. The zero-order valence-electron chi connectivity index (χ0n) is 13.2. The maximum atomic E-state index is 13.6. The second kappa shape index (κ2) is 8.22. The fourth-order valence-corrected chi connectivity index (χ4v) is 2.67. The Balaban J connectivity index is 1.92. The van der Waals surface area contributed by atoms with Crippen LogP contribution in [0, 0.1) is 5.82 Å². The van der Waals surface area contributed by atoms with Crippen LogP contribution in [0.3, 0.4) is 0 Å². The Labute approximate surface area is 149 Å². The molecule has 0 aliphatic carbocycles. The van der Waals surface area contributed by atoms with E-state index in [1.165, 1.54) is 12.1 Å². The van der Waals surface area contributed by atoms with Gasteiger partial charge in [-0.2, -0.15) is 0 Å². The summed E-state index contributed by atoms with van der Waals surface area (Å²) in [5, 5.41) is 5.68. The SMILES string of the molecule is COc1ccc(CNC(=O)N[C@H](C)c2cc(F)c(Cl)cc2Cl)cc1. The Kier molecular flexibility index (Phi) is 6.29. The number of hydrogen-bond donors (Lipinski definition) is 2. The monoisotopic (exact) mass is 370 g/mol. The number of nitrogens with one attached hydrogen (secondary N) is 2. The number of ether oxygens (including phenoxy) is 1. The molecule has 2 N–H and O–H groups in total. The van der Waals surface area contributed by atoms with Gasteiger partial charge in [-0.3, -0.25) is 0 Å². The maximum absolute atomic E-state index is 13.6. The first-order valence-corrected chi connectivity index (χ1v) is 7.98. The third-order valence-electron chi connectivity index (χ3n) is 3.47. The van der Waals surface area contributed by atoms with Gasteiger partial charge < -0.3 is 15.4 Å². The van der Waals surface area contributed by atoms with Crippen molar-refractivity contribution in [1.29, 1.82) is 0 Å². The first-order valence-electron chi connectivity index (χ1n) is 7.22. The van der Waals surface area contributed by atoms with Gasteiger partial charge in [-0.05, 0) is 42.3 Å². The molecule has 0 spiro atoms. The van der Waals surface area contributed by atoms with Crippen molar-refractivity contribution in [2.45, 2.75) is 19.5 Å². The van der Waals surface area contributed by atoms with E-state index < -0.39 is 11.9 Å². The highest BCUT2D eigenvalue weighted by Gasteiger charge is 2.15. The van der Waals surface area contributed by atoms with Crippen LogP contribution in [0.4, 0.5) is 9.18 Å². The molecule has 0 heterocycles. The van der Waals surface area contributed by atoms with Crippen LogP contribution >= 0.6 is 23.2 Å². The van der Waals surface area contributed by atoms with Gasteiger partial charge in [0, 0.05) is 11.6 Å². The molecular formula is C17H17Cl2FN2O2. The van der Waals surface area contributed by atoms with Gasteiger partial charge >= 0.3 is 6.03 Å². The number of hydrogen-bond acceptors (Lipinski definition) is 2. The number of halogens is 3. The summed E-state index contributed by atoms with van der Waals surface area (Å²) in [5.74, 6) is 0.166. The lowest BCUT2D eigenvalue weighted by Gasteiger charge is -2.17. The van der Waals surface area contributed by atoms with Gasteiger partial charge in [0.15, 0.2) is 0 Å². The molecule has 0 saturated heterocycles. The highest BCUT2D eigenvalue weighted by Crippen LogP contribution is 2.28. The number of benzene rings is 2. The predicted octanol–water partition coefficient (Wildman–Crippen LogP) is 4.70. The molecular weight excluding hydrogens is 354 g/mol. The van der Waals surface area contributed by atoms with Crippen molar-refractivity contribution < 1.29 is 13.9 Å². The van der Waals surface area contributed by atoms with E-state index in [-0.39, 0.29) is 11.1 Å². The van der Waals surface area contributed by atoms with E-state index in [4.69, 9.17) is 27.9 Å². The lowest BCUT2D eigenvalue weighted by atomic mass is 10.1. The molecule has 0 bridgehead atoms. The van der Waals surface area contributed by atoms with E-state index in [2.05, 4.69) is 10.6 Å². The van der Waals surface area contributed by atoms with Crippen LogP contribution in [0.2, 0.25) is 10.0 Å². The zero-order valence-corrected chi connectivity index (χ0v) is 14.7. The molecule has 0 saturated carbocycles. The highest BCUT2D eigenvalue weighted by atomic mass is 35.5. The number of carbonyl (C=O) groups excluding carboxylic acids is 1. The van der Waals surface area contributed by atoms with Crippen LogP contribution in [-0.2, 0) is 6.54 Å². The van der Waals surface area contributed by atoms with E-state index >= 15 is 0 Å². The molecule has 0 fully saturated rings. The first kappa shape index (κ1) is 18.4. The van der Waals surface area contributed by atoms with Gasteiger partial charge in [-0.15, -0.1) is 0 Å². The summed E-state index contributed by atoms with van der Waals surface area (Å²) in [7, 11) is 1.59. The summed E-state index contributed by atoms with van der Waals surface area (Å²) in [5.41, 5.74) is 1.38. The van der Waals surface area contributed by atoms with Crippen LogP contribution in [0.15, 0.2) is 36.4 Å². The summed E-state index contributed by atoms with van der Waals surface area (Å²) >= 11 is 11.7. The molecule has 0 radical (unpaired) electrons. The third kappa shape index (κ3) is 4.76. The van der Waals surface area contributed by atoms with Crippen LogP contribution in [-0.4, -0.2) is 13.1 Å². The molecule has 128 valence electrons. The number of amides is 2. The topological polar surface area (TPSA) is 50.4 Å². The van der Waals surface area contributed by atoms with Crippen molar-refractivity contribution in [1.82, 2.24) is 10.6 Å². The Morgan fingerprint density at radius 2 is 1.88 bits per heavy atom. The van der Waals surface area contributed by atoms with Crippen LogP contribution in [0.25, 0.3) is 0 Å². The normalized spacial score (nSPS) is 11.7. The Morgan fingerprint density at radius 1 is 1.21 bits per heavy atom. The average Bonchev–Trinajstić information content (AvgIpc) is 2.56. The Hall–Kier alpha value is -1.98. The van der Waals surface area contributed by atoms with E-state index in [0.717, 1.165) is 11.3 Å². The molecule has 7 heteroatoms. The van der Waals surface area contributed by atoms with Crippen molar-refractivity contribution >= 4 is 29.2 Å². The lowest BCUT2D eigenvalue weighted by Crippen LogP contribution is -2.36. The number of urea groups is 1. The largest absolute Gasteiger partial charge is 0.497 e. The second-order valence-corrected chi connectivity index (χ2v) is 6.00. The predicted molar refractivity (Wildman–Crippen MR) is 93.2 cm³/mol. The molecule has 0 unspecified atom stereocenters. The summed E-state index contributed by atoms with van der Waals surface area (Å²) in [6.07, 6.45) is 0. The van der Waals surface area contributed by atoms with Gasteiger partial charge in [-0.25, -0.2) is 9.18 Å². The average molecular weight is 371 g/mol. The van der Waals surface area contributed by atoms with Crippen molar-refractivity contribution in [3.8, 4) is 5.75 Å². The minimum absolute atomic E-state index is 0.0556. The molecule has 0 aliphatic rings. The van der Waals surface area contributed by atoms with Crippen LogP contribution < -0.4 is 15.4 Å². The second-order valence-electron chi connectivity index (χ2n) is 5.18. The molecule has 2 aromatic carbocycles. The van der Waals surface area contributed by atoms with Crippen molar-refractivity contribution in [2.24, 2.45) is 0 Å². The molecule has 0 aromatic heterocycles. The smallest absolute Gasteiger partial charge is 0.315 e. The molecule has 2 aromatic rings. The van der Waals surface area contributed by atoms with Crippen LogP contribution in [0.5, 0.6) is 5.75 Å². The number of rotatable bonds is 5. The lowest BCUT2D eigenvalue weighted by molar-refractivity contribution is 0.237.